The molecule has 3 rings (SSSR count). The van der Waals surface area contributed by atoms with E-state index in [1.165, 1.54) is 4.68 Å². The maximum absolute atomic E-state index is 12.6. The van der Waals surface area contributed by atoms with Crippen molar-refractivity contribution in [2.45, 2.75) is 13.3 Å². The van der Waals surface area contributed by atoms with Crippen molar-refractivity contribution in [3.8, 4) is 5.82 Å². The lowest BCUT2D eigenvalue weighted by Crippen LogP contribution is -2.18. The smallest absolute Gasteiger partial charge is 0.276 e. The minimum Gasteiger partial charge on any atom is -0.294 e. The van der Waals surface area contributed by atoms with Crippen molar-refractivity contribution < 1.29 is 0 Å². The van der Waals surface area contributed by atoms with Crippen molar-refractivity contribution in [3.05, 3.63) is 80.3 Å². The minimum atomic E-state index is -0.0498. The van der Waals surface area contributed by atoms with Gasteiger partial charge in [0.25, 0.3) is 5.56 Å². The summed E-state index contributed by atoms with van der Waals surface area (Å²) in [5, 5.41) is 3.10. The first-order valence-corrected chi connectivity index (χ1v) is 7.41. The molecule has 0 aliphatic rings. The van der Waals surface area contributed by atoms with Crippen LogP contribution in [0.4, 0.5) is 0 Å². The van der Waals surface area contributed by atoms with E-state index in [2.05, 4.69) is 26.0 Å². The Morgan fingerprint density at radius 1 is 1.19 bits per heavy atom. The van der Waals surface area contributed by atoms with Crippen molar-refractivity contribution in [1.29, 1.82) is 0 Å². The zero-order valence-corrected chi connectivity index (χ0v) is 13.1. The quantitative estimate of drug-likeness (QED) is 0.793. The number of aromatic nitrogens is 3. The molecular weight excluding hydrogens is 330 g/mol. The Kier molecular flexibility index (Phi) is 3.75. The molecule has 0 radical (unpaired) electrons. The Bertz CT molecular complexity index is 804. The average Bonchev–Trinajstić information content (AvgIpc) is 2.77. The number of H-pyrrole nitrogens is 1. The van der Waals surface area contributed by atoms with E-state index in [-0.39, 0.29) is 5.56 Å². The zero-order valence-electron chi connectivity index (χ0n) is 11.5. The summed E-state index contributed by atoms with van der Waals surface area (Å²) < 4.78 is 2.37. The number of aryl methyl sites for hydroxylation is 1. The van der Waals surface area contributed by atoms with Gasteiger partial charge in [0.2, 0.25) is 0 Å². The van der Waals surface area contributed by atoms with Crippen molar-refractivity contribution in [3.63, 3.8) is 0 Å². The molecule has 1 aromatic carbocycles. The number of nitrogens with one attached hydrogen (secondary N) is 1. The standard InChI is InChI=1S/C16H14BrN3O/c1-11-14(9-12-5-3-2-4-6-12)16(21)20(19-11)15-8-7-13(17)10-18-15/h2-8,10,19H,9H2,1H3. The number of aromatic amines is 1. The molecule has 0 spiro atoms. The predicted octanol–water partition coefficient (Wildman–Crippen LogP) is 3.22. The van der Waals surface area contributed by atoms with E-state index in [1.807, 2.05) is 43.3 Å². The van der Waals surface area contributed by atoms with E-state index in [0.29, 0.717) is 12.2 Å². The summed E-state index contributed by atoms with van der Waals surface area (Å²) in [5.74, 6) is 0.589. The van der Waals surface area contributed by atoms with E-state index in [1.54, 1.807) is 12.3 Å². The van der Waals surface area contributed by atoms with Crippen LogP contribution in [-0.2, 0) is 6.42 Å². The van der Waals surface area contributed by atoms with Crippen molar-refractivity contribution in [2.75, 3.05) is 0 Å². The van der Waals surface area contributed by atoms with E-state index < -0.39 is 0 Å². The molecule has 21 heavy (non-hydrogen) atoms. The third-order valence-electron chi connectivity index (χ3n) is 3.36. The van der Waals surface area contributed by atoms with Crippen molar-refractivity contribution >= 4 is 15.9 Å². The molecule has 0 unspecified atom stereocenters. The molecule has 1 N–H and O–H groups in total. The highest BCUT2D eigenvalue weighted by Crippen LogP contribution is 2.12. The molecule has 4 nitrogen and oxygen atoms in total. The summed E-state index contributed by atoms with van der Waals surface area (Å²) in [6, 6.07) is 13.6. The van der Waals surface area contributed by atoms with Gasteiger partial charge in [0.1, 0.15) is 0 Å². The molecule has 2 heterocycles. The average molecular weight is 344 g/mol. The maximum Gasteiger partial charge on any atom is 0.276 e. The van der Waals surface area contributed by atoms with Crippen LogP contribution in [0.1, 0.15) is 16.8 Å². The largest absolute Gasteiger partial charge is 0.294 e. The van der Waals surface area contributed by atoms with Gasteiger partial charge in [0, 0.05) is 28.3 Å². The Labute approximate surface area is 130 Å². The lowest BCUT2D eigenvalue weighted by atomic mass is 10.1. The van der Waals surface area contributed by atoms with E-state index in [9.17, 15) is 4.79 Å². The Morgan fingerprint density at radius 2 is 1.95 bits per heavy atom. The highest BCUT2D eigenvalue weighted by atomic mass is 79.9. The van der Waals surface area contributed by atoms with Crippen molar-refractivity contribution in [1.82, 2.24) is 14.8 Å². The second kappa shape index (κ2) is 5.69. The fourth-order valence-corrected chi connectivity index (χ4v) is 2.49. The van der Waals surface area contributed by atoms with Gasteiger partial charge in [-0.15, -0.1) is 0 Å². The molecule has 2 aromatic heterocycles. The third kappa shape index (κ3) is 2.83. The van der Waals surface area contributed by atoms with Crippen LogP contribution in [-0.4, -0.2) is 14.8 Å². The number of halogens is 1. The summed E-state index contributed by atoms with van der Waals surface area (Å²) in [6.45, 7) is 1.91. The summed E-state index contributed by atoms with van der Waals surface area (Å²) in [5.41, 5.74) is 2.71. The molecule has 0 aliphatic carbocycles. The Balaban J connectivity index is 2.01. The summed E-state index contributed by atoms with van der Waals surface area (Å²) in [7, 11) is 0. The van der Waals surface area contributed by atoms with Gasteiger partial charge in [0.15, 0.2) is 5.82 Å². The lowest BCUT2D eigenvalue weighted by molar-refractivity contribution is 0.806. The van der Waals surface area contributed by atoms with Crippen LogP contribution in [0.3, 0.4) is 0 Å². The van der Waals surface area contributed by atoms with Gasteiger partial charge < -0.3 is 0 Å². The van der Waals surface area contributed by atoms with E-state index >= 15 is 0 Å². The normalized spacial score (nSPS) is 10.8. The topological polar surface area (TPSA) is 50.7 Å². The number of hydrogen-bond donors (Lipinski definition) is 1. The fraction of sp³-hybridized carbons (Fsp3) is 0.125. The molecule has 0 atom stereocenters. The van der Waals surface area contributed by atoms with Gasteiger partial charge in [-0.3, -0.25) is 9.89 Å². The predicted molar refractivity (Wildman–Crippen MR) is 85.9 cm³/mol. The highest BCUT2D eigenvalue weighted by Gasteiger charge is 2.13. The summed E-state index contributed by atoms with van der Waals surface area (Å²) in [6.07, 6.45) is 2.29. The second-order valence-corrected chi connectivity index (χ2v) is 5.77. The van der Waals surface area contributed by atoms with Crippen LogP contribution >= 0.6 is 15.9 Å². The molecule has 0 saturated heterocycles. The van der Waals surface area contributed by atoms with Gasteiger partial charge in [-0.05, 0) is 40.5 Å². The molecule has 0 aliphatic heterocycles. The van der Waals surface area contributed by atoms with Gasteiger partial charge in [-0.2, -0.15) is 0 Å². The molecule has 0 amide bonds. The lowest BCUT2D eigenvalue weighted by Gasteiger charge is -2.00. The molecule has 5 heteroatoms. The number of benzene rings is 1. The van der Waals surface area contributed by atoms with Gasteiger partial charge in [-0.25, -0.2) is 9.67 Å². The number of pyridine rings is 1. The zero-order chi connectivity index (χ0) is 14.8. The third-order valence-corrected chi connectivity index (χ3v) is 3.83. The van der Waals surface area contributed by atoms with Gasteiger partial charge in [0.05, 0.1) is 0 Å². The van der Waals surface area contributed by atoms with Crippen molar-refractivity contribution in [2.24, 2.45) is 0 Å². The molecule has 0 fully saturated rings. The Hall–Kier alpha value is -2.14. The first kappa shape index (κ1) is 13.8. The Morgan fingerprint density at radius 3 is 2.62 bits per heavy atom. The molecular formula is C16H14BrN3O. The SMILES string of the molecule is Cc1[nH]n(-c2ccc(Br)cn2)c(=O)c1Cc1ccccc1. The summed E-state index contributed by atoms with van der Waals surface area (Å²) >= 11 is 3.34. The van der Waals surface area contributed by atoms with E-state index in [0.717, 1.165) is 21.3 Å². The first-order valence-electron chi connectivity index (χ1n) is 6.61. The fourth-order valence-electron chi connectivity index (χ4n) is 2.25. The molecule has 0 bridgehead atoms. The summed E-state index contributed by atoms with van der Waals surface area (Å²) in [4.78, 5) is 16.8. The van der Waals surface area contributed by atoms with E-state index in [4.69, 9.17) is 0 Å². The van der Waals surface area contributed by atoms with Crippen LogP contribution in [0, 0.1) is 6.92 Å². The molecule has 0 saturated carbocycles. The molecule has 3 aromatic rings. The van der Waals surface area contributed by atoms with Crippen LogP contribution in [0.15, 0.2) is 57.9 Å². The van der Waals surface area contributed by atoms with Gasteiger partial charge in [-0.1, -0.05) is 30.3 Å². The minimum absolute atomic E-state index is 0.0498. The number of nitrogens with zero attached hydrogens (tertiary/aromatic N) is 2. The van der Waals surface area contributed by atoms with Crippen LogP contribution in [0.5, 0.6) is 0 Å². The number of rotatable bonds is 3. The highest BCUT2D eigenvalue weighted by molar-refractivity contribution is 9.10. The second-order valence-electron chi connectivity index (χ2n) is 4.85. The van der Waals surface area contributed by atoms with Crippen LogP contribution in [0.2, 0.25) is 0 Å². The first-order chi connectivity index (χ1) is 10.1. The van der Waals surface area contributed by atoms with Crippen LogP contribution < -0.4 is 5.56 Å². The monoisotopic (exact) mass is 343 g/mol. The van der Waals surface area contributed by atoms with Crippen LogP contribution in [0.25, 0.3) is 5.82 Å². The molecule has 106 valence electrons. The van der Waals surface area contributed by atoms with Gasteiger partial charge >= 0.3 is 0 Å². The maximum atomic E-state index is 12.6. The number of hydrogen-bond acceptors (Lipinski definition) is 2.